The van der Waals surface area contributed by atoms with Gasteiger partial charge in [-0.2, -0.15) is 0 Å². The molecule has 1 amide bonds. The fraction of sp³-hybridized carbons (Fsp3) is 0.0714. The molecule has 0 fully saturated rings. The van der Waals surface area contributed by atoms with Crippen molar-refractivity contribution in [2.45, 2.75) is 6.92 Å². The van der Waals surface area contributed by atoms with E-state index in [0.29, 0.717) is 22.0 Å². The molecular formula is C14H12BrClN2O. The van der Waals surface area contributed by atoms with Crippen LogP contribution in [0.15, 0.2) is 40.9 Å². The lowest BCUT2D eigenvalue weighted by Crippen LogP contribution is -2.13. The first-order chi connectivity index (χ1) is 8.97. The van der Waals surface area contributed by atoms with Gasteiger partial charge < -0.3 is 11.1 Å². The molecule has 98 valence electrons. The van der Waals surface area contributed by atoms with Crippen LogP contribution in [-0.4, -0.2) is 5.91 Å². The number of rotatable bonds is 2. The summed E-state index contributed by atoms with van der Waals surface area (Å²) in [7, 11) is 0. The van der Waals surface area contributed by atoms with Gasteiger partial charge in [0.2, 0.25) is 0 Å². The molecule has 2 aromatic carbocycles. The molecule has 0 unspecified atom stereocenters. The monoisotopic (exact) mass is 338 g/mol. The van der Waals surface area contributed by atoms with Gasteiger partial charge in [0, 0.05) is 26.4 Å². The van der Waals surface area contributed by atoms with Crippen LogP contribution in [0.5, 0.6) is 0 Å². The maximum atomic E-state index is 12.2. The first-order valence-electron chi connectivity index (χ1n) is 5.60. The number of nitrogen functional groups attached to an aromatic ring is 1. The minimum atomic E-state index is -0.198. The molecule has 0 saturated carbocycles. The predicted octanol–water partition coefficient (Wildman–Crippen LogP) is 4.25. The molecule has 0 bridgehead atoms. The third-order valence-corrected chi connectivity index (χ3v) is 3.62. The van der Waals surface area contributed by atoms with Gasteiger partial charge in [0.05, 0.1) is 0 Å². The Hall–Kier alpha value is -1.52. The SMILES string of the molecule is Cc1ccc(Cl)cc1C(=O)Nc1ccc(N)c(Br)c1. The molecule has 0 aliphatic carbocycles. The largest absolute Gasteiger partial charge is 0.398 e. The van der Waals surface area contributed by atoms with Crippen molar-refractivity contribution in [2.75, 3.05) is 11.1 Å². The van der Waals surface area contributed by atoms with Crippen LogP contribution in [0, 0.1) is 6.92 Å². The summed E-state index contributed by atoms with van der Waals surface area (Å²) in [5.41, 5.74) is 8.42. The summed E-state index contributed by atoms with van der Waals surface area (Å²) < 4.78 is 0.744. The van der Waals surface area contributed by atoms with Crippen molar-refractivity contribution in [2.24, 2.45) is 0 Å². The highest BCUT2D eigenvalue weighted by atomic mass is 79.9. The smallest absolute Gasteiger partial charge is 0.255 e. The van der Waals surface area contributed by atoms with E-state index < -0.39 is 0 Å². The molecule has 5 heteroatoms. The van der Waals surface area contributed by atoms with Gasteiger partial charge >= 0.3 is 0 Å². The van der Waals surface area contributed by atoms with Crippen molar-refractivity contribution < 1.29 is 4.79 Å². The molecule has 2 aromatic rings. The van der Waals surface area contributed by atoms with Gasteiger partial charge in [-0.3, -0.25) is 4.79 Å². The van der Waals surface area contributed by atoms with E-state index in [2.05, 4.69) is 21.2 Å². The predicted molar refractivity (Wildman–Crippen MR) is 82.7 cm³/mol. The molecule has 0 aliphatic heterocycles. The Balaban J connectivity index is 2.25. The molecule has 0 saturated heterocycles. The average Bonchev–Trinajstić information content (AvgIpc) is 2.36. The Morgan fingerprint density at radius 3 is 2.68 bits per heavy atom. The van der Waals surface area contributed by atoms with Gasteiger partial charge in [0.25, 0.3) is 5.91 Å². The number of amides is 1. The van der Waals surface area contributed by atoms with Crippen molar-refractivity contribution >= 4 is 44.8 Å². The molecule has 19 heavy (non-hydrogen) atoms. The molecule has 3 N–H and O–H groups in total. The Kier molecular flexibility index (Phi) is 4.12. The Labute approximate surface area is 124 Å². The molecule has 2 rings (SSSR count). The second kappa shape index (κ2) is 5.63. The zero-order valence-electron chi connectivity index (χ0n) is 10.2. The first kappa shape index (κ1) is 13.9. The lowest BCUT2D eigenvalue weighted by atomic mass is 10.1. The zero-order chi connectivity index (χ0) is 14.0. The van der Waals surface area contributed by atoms with Crippen LogP contribution in [-0.2, 0) is 0 Å². The molecule has 3 nitrogen and oxygen atoms in total. The molecule has 0 aliphatic rings. The van der Waals surface area contributed by atoms with E-state index in [0.717, 1.165) is 10.0 Å². The second-order valence-electron chi connectivity index (χ2n) is 4.15. The number of halogens is 2. The van der Waals surface area contributed by atoms with Gasteiger partial charge in [0.15, 0.2) is 0 Å². The highest BCUT2D eigenvalue weighted by molar-refractivity contribution is 9.10. The summed E-state index contributed by atoms with van der Waals surface area (Å²) in [6.07, 6.45) is 0. The van der Waals surface area contributed by atoms with Crippen LogP contribution in [0.2, 0.25) is 5.02 Å². The van der Waals surface area contributed by atoms with Crippen LogP contribution < -0.4 is 11.1 Å². The molecule has 0 aromatic heterocycles. The number of carbonyl (C=O) groups is 1. The zero-order valence-corrected chi connectivity index (χ0v) is 12.5. The number of nitrogens with two attached hydrogens (primary N) is 1. The number of hydrogen-bond donors (Lipinski definition) is 2. The number of nitrogens with one attached hydrogen (secondary N) is 1. The van der Waals surface area contributed by atoms with Gasteiger partial charge in [-0.05, 0) is 58.7 Å². The summed E-state index contributed by atoms with van der Waals surface area (Å²) in [5, 5.41) is 3.35. The van der Waals surface area contributed by atoms with Gasteiger partial charge in [-0.1, -0.05) is 17.7 Å². The van der Waals surface area contributed by atoms with E-state index in [9.17, 15) is 4.79 Å². The fourth-order valence-corrected chi connectivity index (χ4v) is 2.19. The maximum Gasteiger partial charge on any atom is 0.255 e. The summed E-state index contributed by atoms with van der Waals surface area (Å²) in [5.74, 6) is -0.198. The van der Waals surface area contributed by atoms with E-state index in [4.69, 9.17) is 17.3 Å². The number of benzene rings is 2. The molecular weight excluding hydrogens is 328 g/mol. The highest BCUT2D eigenvalue weighted by Crippen LogP contribution is 2.24. The summed E-state index contributed by atoms with van der Waals surface area (Å²) in [4.78, 5) is 12.2. The Morgan fingerprint density at radius 1 is 1.26 bits per heavy atom. The lowest BCUT2D eigenvalue weighted by molar-refractivity contribution is 0.102. The van der Waals surface area contributed by atoms with E-state index >= 15 is 0 Å². The Morgan fingerprint density at radius 2 is 2.00 bits per heavy atom. The topological polar surface area (TPSA) is 55.1 Å². The third kappa shape index (κ3) is 3.28. The van der Waals surface area contributed by atoms with Crippen LogP contribution in [0.1, 0.15) is 15.9 Å². The van der Waals surface area contributed by atoms with Crippen molar-refractivity contribution in [3.8, 4) is 0 Å². The van der Waals surface area contributed by atoms with E-state index in [1.807, 2.05) is 13.0 Å². The molecule has 0 radical (unpaired) electrons. The van der Waals surface area contributed by atoms with E-state index in [-0.39, 0.29) is 5.91 Å². The minimum absolute atomic E-state index is 0.198. The van der Waals surface area contributed by atoms with Crippen LogP contribution >= 0.6 is 27.5 Å². The van der Waals surface area contributed by atoms with Crippen LogP contribution in [0.4, 0.5) is 11.4 Å². The molecule has 0 atom stereocenters. The maximum absolute atomic E-state index is 12.2. The highest BCUT2D eigenvalue weighted by Gasteiger charge is 2.10. The fourth-order valence-electron chi connectivity index (χ4n) is 1.64. The van der Waals surface area contributed by atoms with Crippen LogP contribution in [0.25, 0.3) is 0 Å². The molecule has 0 heterocycles. The first-order valence-corrected chi connectivity index (χ1v) is 6.77. The van der Waals surface area contributed by atoms with E-state index in [1.54, 1.807) is 30.3 Å². The summed E-state index contributed by atoms with van der Waals surface area (Å²) in [6, 6.07) is 10.5. The standard InChI is InChI=1S/C14H12BrClN2O/c1-8-2-3-9(16)6-11(8)14(19)18-10-4-5-13(17)12(15)7-10/h2-7H,17H2,1H3,(H,18,19). The normalized spacial score (nSPS) is 10.3. The summed E-state index contributed by atoms with van der Waals surface area (Å²) >= 11 is 9.23. The van der Waals surface area contributed by atoms with Gasteiger partial charge in [-0.25, -0.2) is 0 Å². The lowest BCUT2D eigenvalue weighted by Gasteiger charge is -2.09. The van der Waals surface area contributed by atoms with Crippen molar-refractivity contribution in [1.29, 1.82) is 0 Å². The number of aryl methyl sites for hydroxylation is 1. The van der Waals surface area contributed by atoms with Crippen LogP contribution in [0.3, 0.4) is 0 Å². The number of hydrogen-bond acceptors (Lipinski definition) is 2. The Bertz CT molecular complexity index is 643. The third-order valence-electron chi connectivity index (χ3n) is 2.70. The summed E-state index contributed by atoms with van der Waals surface area (Å²) in [6.45, 7) is 1.87. The average molecular weight is 340 g/mol. The minimum Gasteiger partial charge on any atom is -0.398 e. The number of anilines is 2. The van der Waals surface area contributed by atoms with E-state index in [1.165, 1.54) is 0 Å². The van der Waals surface area contributed by atoms with Crippen molar-refractivity contribution in [1.82, 2.24) is 0 Å². The molecule has 0 spiro atoms. The van der Waals surface area contributed by atoms with Gasteiger partial charge in [-0.15, -0.1) is 0 Å². The quantitative estimate of drug-likeness (QED) is 0.804. The van der Waals surface area contributed by atoms with Crippen molar-refractivity contribution in [3.05, 3.63) is 57.0 Å². The second-order valence-corrected chi connectivity index (χ2v) is 5.44. The number of carbonyl (C=O) groups excluding carboxylic acids is 1. The van der Waals surface area contributed by atoms with Gasteiger partial charge in [0.1, 0.15) is 0 Å². The van der Waals surface area contributed by atoms with Crippen molar-refractivity contribution in [3.63, 3.8) is 0 Å².